The molecule has 0 aliphatic heterocycles. The van der Waals surface area contributed by atoms with Crippen LogP contribution in [0.1, 0.15) is 53.9 Å². The first-order valence-electron chi connectivity index (χ1n) is 6.18. The lowest BCUT2D eigenvalue weighted by molar-refractivity contribution is -0.138. The minimum Gasteiger partial charge on any atom is -0.481 e. The molecular weight excluding hydrogens is 218 g/mol. The Morgan fingerprint density at radius 2 is 1.82 bits per heavy atom. The molecule has 0 bridgehead atoms. The number of carbonyl (C=O) groups excluding carboxylic acids is 1. The van der Waals surface area contributed by atoms with Gasteiger partial charge in [0.2, 0.25) is 5.91 Å². The molecule has 4 heteroatoms. The van der Waals surface area contributed by atoms with Crippen LogP contribution in [-0.2, 0) is 9.59 Å². The molecule has 17 heavy (non-hydrogen) atoms. The minimum absolute atomic E-state index is 0.00283. The first kappa shape index (κ1) is 15.9. The van der Waals surface area contributed by atoms with Gasteiger partial charge >= 0.3 is 5.97 Å². The van der Waals surface area contributed by atoms with E-state index in [9.17, 15) is 9.59 Å². The molecule has 100 valence electrons. The molecule has 0 saturated carbocycles. The van der Waals surface area contributed by atoms with Crippen molar-refractivity contribution in [3.8, 4) is 0 Å². The third-order valence-electron chi connectivity index (χ3n) is 2.69. The van der Waals surface area contributed by atoms with Crippen LogP contribution in [0.3, 0.4) is 0 Å². The molecule has 0 rings (SSSR count). The van der Waals surface area contributed by atoms with Gasteiger partial charge in [-0.25, -0.2) is 0 Å². The van der Waals surface area contributed by atoms with E-state index in [1.165, 1.54) is 0 Å². The number of carbonyl (C=O) groups is 2. The summed E-state index contributed by atoms with van der Waals surface area (Å²) in [6, 6.07) is -0.283. The van der Waals surface area contributed by atoms with Crippen LogP contribution in [0.4, 0.5) is 0 Å². The van der Waals surface area contributed by atoms with Gasteiger partial charge in [-0.15, -0.1) is 0 Å². The Bertz CT molecular complexity index is 268. The zero-order valence-electron chi connectivity index (χ0n) is 11.5. The van der Waals surface area contributed by atoms with E-state index in [4.69, 9.17) is 5.11 Å². The Kier molecular flexibility index (Phi) is 6.21. The summed E-state index contributed by atoms with van der Waals surface area (Å²) in [4.78, 5) is 22.5. The topological polar surface area (TPSA) is 66.4 Å². The van der Waals surface area contributed by atoms with Crippen molar-refractivity contribution in [3.63, 3.8) is 0 Å². The van der Waals surface area contributed by atoms with Crippen LogP contribution >= 0.6 is 0 Å². The fraction of sp³-hybridized carbons (Fsp3) is 0.846. The van der Waals surface area contributed by atoms with E-state index in [-0.39, 0.29) is 29.7 Å². The van der Waals surface area contributed by atoms with Gasteiger partial charge in [0.25, 0.3) is 0 Å². The summed E-state index contributed by atoms with van der Waals surface area (Å²) in [5.41, 5.74) is 0.00283. The smallest absolute Gasteiger partial charge is 0.305 e. The van der Waals surface area contributed by atoms with Gasteiger partial charge in [-0.05, 0) is 18.3 Å². The first-order chi connectivity index (χ1) is 7.65. The van der Waals surface area contributed by atoms with Crippen LogP contribution < -0.4 is 5.32 Å². The highest BCUT2D eigenvalue weighted by Gasteiger charge is 2.23. The fourth-order valence-electron chi connectivity index (χ4n) is 1.65. The lowest BCUT2D eigenvalue weighted by Gasteiger charge is -2.26. The molecule has 0 aromatic heterocycles. The number of amides is 1. The zero-order chi connectivity index (χ0) is 13.6. The van der Waals surface area contributed by atoms with Crippen molar-refractivity contribution in [3.05, 3.63) is 0 Å². The van der Waals surface area contributed by atoms with E-state index < -0.39 is 5.97 Å². The molecule has 0 radical (unpaired) electrons. The van der Waals surface area contributed by atoms with E-state index in [1.54, 1.807) is 0 Å². The van der Waals surface area contributed by atoms with Crippen LogP contribution in [-0.4, -0.2) is 23.0 Å². The number of carboxylic acids is 1. The summed E-state index contributed by atoms with van der Waals surface area (Å²) in [6.45, 7) is 9.91. The number of rotatable bonds is 6. The van der Waals surface area contributed by atoms with Gasteiger partial charge in [-0.3, -0.25) is 9.59 Å². The summed E-state index contributed by atoms with van der Waals surface area (Å²) in [5, 5.41) is 11.7. The maximum absolute atomic E-state index is 11.7. The van der Waals surface area contributed by atoms with Crippen molar-refractivity contribution in [1.82, 2.24) is 5.32 Å². The van der Waals surface area contributed by atoms with Crippen LogP contribution in [0.25, 0.3) is 0 Å². The second kappa shape index (κ2) is 6.62. The van der Waals surface area contributed by atoms with Crippen LogP contribution in [0.15, 0.2) is 0 Å². The highest BCUT2D eigenvalue weighted by molar-refractivity contribution is 5.79. The average molecular weight is 243 g/mol. The molecule has 0 spiro atoms. The molecule has 0 aliphatic rings. The highest BCUT2D eigenvalue weighted by atomic mass is 16.4. The van der Waals surface area contributed by atoms with Crippen LogP contribution in [0.5, 0.6) is 0 Å². The van der Waals surface area contributed by atoms with E-state index in [2.05, 4.69) is 5.32 Å². The molecule has 1 amide bonds. The SMILES string of the molecule is CCC(C)C(=O)NC(CC(=O)O)CC(C)(C)C. The van der Waals surface area contributed by atoms with Gasteiger partial charge in [0.15, 0.2) is 0 Å². The van der Waals surface area contributed by atoms with Gasteiger partial charge in [-0.2, -0.15) is 0 Å². The molecule has 4 nitrogen and oxygen atoms in total. The summed E-state index contributed by atoms with van der Waals surface area (Å²) >= 11 is 0. The van der Waals surface area contributed by atoms with Crippen molar-refractivity contribution in [1.29, 1.82) is 0 Å². The molecule has 0 fully saturated rings. The van der Waals surface area contributed by atoms with Crippen molar-refractivity contribution in [2.24, 2.45) is 11.3 Å². The lowest BCUT2D eigenvalue weighted by atomic mass is 9.86. The highest BCUT2D eigenvalue weighted by Crippen LogP contribution is 2.22. The Balaban J connectivity index is 4.48. The third kappa shape index (κ3) is 7.77. The van der Waals surface area contributed by atoms with Gasteiger partial charge < -0.3 is 10.4 Å². The summed E-state index contributed by atoms with van der Waals surface area (Å²) < 4.78 is 0. The average Bonchev–Trinajstić information content (AvgIpc) is 2.12. The van der Waals surface area contributed by atoms with Crippen LogP contribution in [0, 0.1) is 11.3 Å². The second-order valence-electron chi connectivity index (χ2n) is 5.88. The molecule has 2 unspecified atom stereocenters. The maximum atomic E-state index is 11.7. The molecule has 2 N–H and O–H groups in total. The second-order valence-corrected chi connectivity index (χ2v) is 5.88. The molecule has 2 atom stereocenters. The normalized spacial score (nSPS) is 15.1. The van der Waals surface area contributed by atoms with Gasteiger partial charge in [-0.1, -0.05) is 34.6 Å². The lowest BCUT2D eigenvalue weighted by Crippen LogP contribution is -2.41. The molecule has 0 aromatic carbocycles. The maximum Gasteiger partial charge on any atom is 0.305 e. The van der Waals surface area contributed by atoms with Crippen molar-refractivity contribution in [2.45, 2.75) is 59.9 Å². The Morgan fingerprint density at radius 3 is 2.18 bits per heavy atom. The minimum atomic E-state index is -0.872. The Hall–Kier alpha value is -1.06. The largest absolute Gasteiger partial charge is 0.481 e. The first-order valence-corrected chi connectivity index (χ1v) is 6.18. The number of carboxylic acid groups (broad SMARTS) is 1. The fourth-order valence-corrected chi connectivity index (χ4v) is 1.65. The van der Waals surface area contributed by atoms with Gasteiger partial charge in [0, 0.05) is 12.0 Å². The van der Waals surface area contributed by atoms with Crippen LogP contribution in [0.2, 0.25) is 0 Å². The predicted octanol–water partition coefficient (Wildman–Crippen LogP) is 2.43. The molecular formula is C13H25NO3. The standard InChI is InChI=1S/C13H25NO3/c1-6-9(2)12(17)14-10(7-11(15)16)8-13(3,4)5/h9-10H,6-8H2,1-5H3,(H,14,17)(H,15,16). The summed E-state index contributed by atoms with van der Waals surface area (Å²) in [5.74, 6) is -0.988. The summed E-state index contributed by atoms with van der Waals surface area (Å²) in [6.07, 6.45) is 1.42. The van der Waals surface area contributed by atoms with Gasteiger partial charge in [0.1, 0.15) is 0 Å². The monoisotopic (exact) mass is 243 g/mol. The summed E-state index contributed by atoms with van der Waals surface area (Å²) in [7, 11) is 0. The quantitative estimate of drug-likeness (QED) is 0.753. The Morgan fingerprint density at radius 1 is 1.29 bits per heavy atom. The third-order valence-corrected chi connectivity index (χ3v) is 2.69. The molecule has 0 aliphatic carbocycles. The number of hydrogen-bond donors (Lipinski definition) is 2. The van der Waals surface area contributed by atoms with Gasteiger partial charge in [0.05, 0.1) is 6.42 Å². The van der Waals surface area contributed by atoms with E-state index in [0.717, 1.165) is 6.42 Å². The van der Waals surface area contributed by atoms with E-state index in [0.29, 0.717) is 6.42 Å². The predicted molar refractivity (Wildman–Crippen MR) is 67.7 cm³/mol. The number of hydrogen-bond acceptors (Lipinski definition) is 2. The van der Waals surface area contributed by atoms with Crippen molar-refractivity contribution < 1.29 is 14.7 Å². The van der Waals surface area contributed by atoms with Crippen molar-refractivity contribution in [2.75, 3.05) is 0 Å². The number of nitrogens with one attached hydrogen (secondary N) is 1. The van der Waals surface area contributed by atoms with E-state index in [1.807, 2.05) is 34.6 Å². The number of aliphatic carboxylic acids is 1. The molecule has 0 saturated heterocycles. The zero-order valence-corrected chi connectivity index (χ0v) is 11.5. The molecule has 0 heterocycles. The Labute approximate surface area is 104 Å². The van der Waals surface area contributed by atoms with E-state index >= 15 is 0 Å². The molecule has 0 aromatic rings. The van der Waals surface area contributed by atoms with Crippen molar-refractivity contribution >= 4 is 11.9 Å².